The summed E-state index contributed by atoms with van der Waals surface area (Å²) in [4.78, 5) is 50.6. The second-order valence-corrected chi connectivity index (χ2v) is 12.8. The van der Waals surface area contributed by atoms with Gasteiger partial charge in [-0.2, -0.15) is 4.98 Å². The van der Waals surface area contributed by atoms with E-state index in [4.69, 9.17) is 18.0 Å². The first-order valence-electron chi connectivity index (χ1n) is 12.7. The van der Waals surface area contributed by atoms with Gasteiger partial charge in [0.2, 0.25) is 11.7 Å². The Hall–Kier alpha value is -3.60. The Morgan fingerprint density at radius 2 is 2.05 bits per heavy atom. The van der Waals surface area contributed by atoms with Crippen LogP contribution in [0.15, 0.2) is 49.9 Å². The summed E-state index contributed by atoms with van der Waals surface area (Å²) >= 11 is 7.52. The van der Waals surface area contributed by atoms with Gasteiger partial charge in [0.05, 0.1) is 27.5 Å². The molecule has 41 heavy (non-hydrogen) atoms. The number of thioether (sulfide) groups is 1. The number of aromatic hydroxyl groups is 1. The Labute approximate surface area is 246 Å². The average molecular weight is 618 g/mol. The van der Waals surface area contributed by atoms with Crippen LogP contribution >= 0.6 is 23.4 Å². The van der Waals surface area contributed by atoms with Crippen LogP contribution in [0.25, 0.3) is 0 Å². The number of fused-ring (bicyclic) bond motifs is 1. The second kappa shape index (κ2) is 12.9. The predicted octanol–water partition coefficient (Wildman–Crippen LogP) is 2.15. The maximum atomic E-state index is 13.4. The van der Waals surface area contributed by atoms with Gasteiger partial charge in [-0.05, 0) is 25.0 Å². The van der Waals surface area contributed by atoms with Crippen LogP contribution < -0.4 is 5.56 Å². The first-order chi connectivity index (χ1) is 19.6. The van der Waals surface area contributed by atoms with E-state index in [1.165, 1.54) is 28.3 Å². The number of terminal acetylenes is 1. The summed E-state index contributed by atoms with van der Waals surface area (Å²) in [6, 6.07) is 6.64. The number of aromatic nitrogens is 2. The normalized spacial score (nSPS) is 17.6. The number of hydrogen-bond acceptors (Lipinski definition) is 9. The van der Waals surface area contributed by atoms with Crippen molar-refractivity contribution in [3.8, 4) is 18.1 Å². The van der Waals surface area contributed by atoms with Crippen LogP contribution in [-0.4, -0.2) is 89.1 Å². The van der Waals surface area contributed by atoms with Gasteiger partial charge in [-0.25, -0.2) is 8.42 Å². The molecule has 1 aromatic heterocycles. The Morgan fingerprint density at radius 1 is 1.29 bits per heavy atom. The molecule has 0 radical (unpaired) electrons. The number of nitrogens with zero attached hydrogens (tertiary/aromatic N) is 5. The molecule has 11 nitrogen and oxygen atoms in total. The number of hydrogen-bond donors (Lipinski definition) is 1. The maximum Gasteiger partial charge on any atom is 0.315 e. The monoisotopic (exact) mass is 617 g/mol. The van der Waals surface area contributed by atoms with Crippen LogP contribution in [0.5, 0.6) is 5.75 Å². The molecule has 1 aromatic carbocycles. The van der Waals surface area contributed by atoms with Crippen molar-refractivity contribution in [3.63, 3.8) is 0 Å². The third-order valence-corrected chi connectivity index (χ3v) is 9.96. The lowest BCUT2D eigenvalue weighted by Crippen LogP contribution is -2.46. The van der Waals surface area contributed by atoms with Crippen LogP contribution in [0, 0.1) is 12.3 Å². The molecule has 2 aliphatic heterocycles. The predicted molar refractivity (Wildman–Crippen MR) is 157 cm³/mol. The van der Waals surface area contributed by atoms with Crippen LogP contribution in [0.2, 0.25) is 5.02 Å². The summed E-state index contributed by atoms with van der Waals surface area (Å²) < 4.78 is 27.0. The van der Waals surface area contributed by atoms with Gasteiger partial charge in [-0.1, -0.05) is 29.7 Å². The lowest BCUT2D eigenvalue weighted by molar-refractivity contribution is -0.129. The Kier molecular flexibility index (Phi) is 9.57. The molecular weight excluding hydrogens is 590 g/mol. The Morgan fingerprint density at radius 3 is 2.76 bits per heavy atom. The molecule has 2 aliphatic rings. The molecule has 0 spiro atoms. The molecule has 216 valence electrons. The fourth-order valence-corrected chi connectivity index (χ4v) is 7.16. The van der Waals surface area contributed by atoms with Crippen molar-refractivity contribution in [1.29, 1.82) is 0 Å². The third-order valence-electron chi connectivity index (χ3n) is 6.80. The number of carbonyl (C=O) groups excluding carboxylic acids is 2. The minimum atomic E-state index is -3.85. The highest BCUT2D eigenvalue weighted by Crippen LogP contribution is 2.35. The molecule has 0 unspecified atom stereocenters. The first kappa shape index (κ1) is 30.4. The number of carbonyl (C=O) groups is 2. The lowest BCUT2D eigenvalue weighted by atomic mass is 10.1. The quantitative estimate of drug-likeness (QED) is 0.256. The number of halogens is 1. The molecule has 1 atom stereocenters. The van der Waals surface area contributed by atoms with Crippen molar-refractivity contribution in [2.75, 3.05) is 38.2 Å². The highest BCUT2D eigenvalue weighted by Gasteiger charge is 2.38. The van der Waals surface area contributed by atoms with Crippen molar-refractivity contribution in [1.82, 2.24) is 19.4 Å². The number of sulfone groups is 1. The van der Waals surface area contributed by atoms with Gasteiger partial charge in [0.25, 0.3) is 5.91 Å². The lowest BCUT2D eigenvalue weighted by Gasteiger charge is -2.33. The molecule has 0 saturated carbocycles. The minimum absolute atomic E-state index is 0.109. The fraction of sp³-hybridized carbons (Fsp3) is 0.370. The van der Waals surface area contributed by atoms with Gasteiger partial charge in [-0.15, -0.1) is 18.2 Å². The molecule has 2 amide bonds. The maximum absolute atomic E-state index is 13.4. The molecule has 0 aliphatic carbocycles. The van der Waals surface area contributed by atoms with Crippen LogP contribution in [0.4, 0.5) is 0 Å². The zero-order chi connectivity index (χ0) is 29.7. The van der Waals surface area contributed by atoms with Gasteiger partial charge in [0.15, 0.2) is 15.5 Å². The zero-order valence-corrected chi connectivity index (χ0v) is 24.6. The van der Waals surface area contributed by atoms with Gasteiger partial charge < -0.3 is 19.5 Å². The molecule has 2 aromatic rings. The fourth-order valence-electron chi connectivity index (χ4n) is 4.83. The van der Waals surface area contributed by atoms with Gasteiger partial charge in [-0.3, -0.25) is 19.4 Å². The SMILES string of the molecule is C#C/C=C(\C=N/C)S(=O)(=O)CCN1CCn2c([C@@H]3CCCN3C(=O)CSc3ccccc3Cl)nc(=O)c(O)c2C1=O. The molecule has 0 bridgehead atoms. The topological polar surface area (TPSA) is 142 Å². The summed E-state index contributed by atoms with van der Waals surface area (Å²) in [5.74, 6) is 0.376. The van der Waals surface area contributed by atoms with E-state index in [-0.39, 0.29) is 47.7 Å². The van der Waals surface area contributed by atoms with E-state index in [0.717, 1.165) is 17.2 Å². The highest BCUT2D eigenvalue weighted by molar-refractivity contribution is 8.00. The van der Waals surface area contributed by atoms with E-state index in [0.29, 0.717) is 24.4 Å². The van der Waals surface area contributed by atoms with Crippen molar-refractivity contribution < 1.29 is 23.1 Å². The smallest absolute Gasteiger partial charge is 0.315 e. The Bertz CT molecular complexity index is 1630. The van der Waals surface area contributed by atoms with E-state index in [1.807, 2.05) is 12.1 Å². The van der Waals surface area contributed by atoms with E-state index in [1.54, 1.807) is 17.0 Å². The zero-order valence-electron chi connectivity index (χ0n) is 22.2. The number of benzene rings is 1. The van der Waals surface area contributed by atoms with E-state index < -0.39 is 38.8 Å². The first-order valence-corrected chi connectivity index (χ1v) is 15.7. The summed E-state index contributed by atoms with van der Waals surface area (Å²) in [6.07, 6.45) is 8.65. The van der Waals surface area contributed by atoms with Crippen molar-refractivity contribution in [3.05, 3.63) is 62.1 Å². The van der Waals surface area contributed by atoms with Gasteiger partial charge in [0.1, 0.15) is 5.82 Å². The summed E-state index contributed by atoms with van der Waals surface area (Å²) in [5.41, 5.74) is -1.26. The van der Waals surface area contributed by atoms with Gasteiger partial charge >= 0.3 is 5.56 Å². The van der Waals surface area contributed by atoms with E-state index in [2.05, 4.69) is 15.9 Å². The second-order valence-electron chi connectivity index (χ2n) is 9.30. The molecular formula is C27H28ClN5O6S2. The number of allylic oxidation sites excluding steroid dienone is 2. The highest BCUT2D eigenvalue weighted by atomic mass is 35.5. The number of aliphatic imine (C=N–C) groups is 1. The summed E-state index contributed by atoms with van der Waals surface area (Å²) in [7, 11) is -2.44. The molecule has 1 N–H and O–H groups in total. The van der Waals surface area contributed by atoms with E-state index >= 15 is 0 Å². The number of likely N-dealkylation sites (tertiary alicyclic amines) is 1. The number of rotatable bonds is 9. The summed E-state index contributed by atoms with van der Waals surface area (Å²) in [5, 5.41) is 11.1. The van der Waals surface area contributed by atoms with Crippen LogP contribution in [0.1, 0.15) is 35.2 Å². The molecule has 4 rings (SSSR count). The third kappa shape index (κ3) is 6.50. The Balaban J connectivity index is 1.56. The van der Waals surface area contributed by atoms with Crippen molar-refractivity contribution >= 4 is 51.2 Å². The van der Waals surface area contributed by atoms with Crippen molar-refractivity contribution in [2.45, 2.75) is 30.3 Å². The van der Waals surface area contributed by atoms with Crippen LogP contribution in [-0.2, 0) is 21.2 Å². The van der Waals surface area contributed by atoms with E-state index in [9.17, 15) is 27.9 Å². The molecule has 1 saturated heterocycles. The minimum Gasteiger partial charge on any atom is -0.501 e. The van der Waals surface area contributed by atoms with Crippen LogP contribution in [0.3, 0.4) is 0 Å². The summed E-state index contributed by atoms with van der Waals surface area (Å²) in [6.45, 7) is 0.509. The molecule has 14 heteroatoms. The van der Waals surface area contributed by atoms with Crippen molar-refractivity contribution in [2.24, 2.45) is 4.99 Å². The average Bonchev–Trinajstić information content (AvgIpc) is 3.43. The molecule has 3 heterocycles. The largest absolute Gasteiger partial charge is 0.501 e. The van der Waals surface area contributed by atoms with Gasteiger partial charge in [0, 0.05) is 50.4 Å². The number of amides is 2. The molecule has 1 fully saturated rings. The standard InChI is InChI=1S/C27H28ClN5O6S2/c1-3-7-18(16-29-2)41(38,39)15-14-31-12-13-33-23(27(31)37)24(35)26(36)30-25(33)20-9-6-11-32(20)22(34)17-40-21-10-5-4-8-19(21)28/h1,4-5,7-8,10,16,20,35H,6,9,11-15,17H2,2H3/b18-7+,29-16-/t20-/m0/s1.